The molecule has 0 amide bonds. The lowest BCUT2D eigenvalue weighted by atomic mass is 10.2. The summed E-state index contributed by atoms with van der Waals surface area (Å²) in [5, 5.41) is 0.775. The van der Waals surface area contributed by atoms with Gasteiger partial charge in [0, 0.05) is 42.4 Å². The molecule has 0 radical (unpaired) electrons. The second kappa shape index (κ2) is 4.46. The fourth-order valence-electron chi connectivity index (χ4n) is 3.08. The van der Waals surface area contributed by atoms with Gasteiger partial charge in [-0.2, -0.15) is 0 Å². The molecule has 2 nitrogen and oxygen atoms in total. The standard InChI is InChI=1S/C13H16ClFN2/c14-10-1-3-11(4-2-10)17-9-12-7-13(17)8-16(12)6-5-15/h1-4,12-13H,5-9H2/t12-,13-/m0/s1. The van der Waals surface area contributed by atoms with E-state index in [1.807, 2.05) is 12.1 Å². The first-order chi connectivity index (χ1) is 8.28. The lowest BCUT2D eigenvalue weighted by molar-refractivity contribution is 0.218. The third-order valence-corrected chi connectivity index (χ3v) is 4.14. The third kappa shape index (κ3) is 2.02. The van der Waals surface area contributed by atoms with E-state index in [1.54, 1.807) is 0 Å². The van der Waals surface area contributed by atoms with Gasteiger partial charge in [0.2, 0.25) is 0 Å². The van der Waals surface area contributed by atoms with Crippen LogP contribution >= 0.6 is 11.6 Å². The molecule has 4 heteroatoms. The molecule has 0 spiro atoms. The van der Waals surface area contributed by atoms with Crippen LogP contribution in [0.1, 0.15) is 6.42 Å². The normalized spacial score (nSPS) is 28.0. The zero-order chi connectivity index (χ0) is 11.8. The first kappa shape index (κ1) is 11.3. The molecule has 92 valence electrons. The number of piperazine rings is 1. The molecule has 17 heavy (non-hydrogen) atoms. The number of hydrogen-bond acceptors (Lipinski definition) is 2. The van der Waals surface area contributed by atoms with Crippen LogP contribution in [0.4, 0.5) is 10.1 Å². The van der Waals surface area contributed by atoms with Crippen LogP contribution in [-0.2, 0) is 0 Å². The average Bonchev–Trinajstić information content (AvgIpc) is 2.90. The van der Waals surface area contributed by atoms with Crippen LogP contribution in [0.2, 0.25) is 5.02 Å². The fourth-order valence-corrected chi connectivity index (χ4v) is 3.21. The van der Waals surface area contributed by atoms with Gasteiger partial charge in [-0.3, -0.25) is 4.90 Å². The molecule has 3 rings (SSSR count). The third-order valence-electron chi connectivity index (χ3n) is 3.88. The van der Waals surface area contributed by atoms with Crippen molar-refractivity contribution in [2.45, 2.75) is 18.5 Å². The van der Waals surface area contributed by atoms with E-state index in [0.717, 1.165) is 18.1 Å². The predicted octanol–water partition coefficient (Wildman–Crippen LogP) is 2.57. The summed E-state index contributed by atoms with van der Waals surface area (Å²) in [6.45, 7) is 2.38. The molecule has 0 aromatic heterocycles. The van der Waals surface area contributed by atoms with Gasteiger partial charge in [-0.25, -0.2) is 4.39 Å². The summed E-state index contributed by atoms with van der Waals surface area (Å²) in [4.78, 5) is 4.70. The first-order valence-electron chi connectivity index (χ1n) is 6.10. The van der Waals surface area contributed by atoms with Crippen molar-refractivity contribution < 1.29 is 4.39 Å². The van der Waals surface area contributed by atoms with Gasteiger partial charge in [0.05, 0.1) is 0 Å². The Balaban J connectivity index is 1.71. The molecule has 1 aromatic rings. The minimum Gasteiger partial charge on any atom is -0.366 e. The van der Waals surface area contributed by atoms with Gasteiger partial charge in [-0.1, -0.05) is 11.6 Å². The van der Waals surface area contributed by atoms with E-state index in [-0.39, 0.29) is 6.67 Å². The van der Waals surface area contributed by atoms with Crippen LogP contribution < -0.4 is 4.90 Å². The van der Waals surface area contributed by atoms with Gasteiger partial charge in [0.1, 0.15) is 6.67 Å². The Hall–Kier alpha value is -0.800. The summed E-state index contributed by atoms with van der Waals surface area (Å²) in [7, 11) is 0. The Bertz CT molecular complexity index is 395. The van der Waals surface area contributed by atoms with Crippen molar-refractivity contribution in [3.05, 3.63) is 29.3 Å². The monoisotopic (exact) mass is 254 g/mol. The molecule has 0 aliphatic carbocycles. The summed E-state index contributed by atoms with van der Waals surface area (Å²) >= 11 is 5.89. The minimum absolute atomic E-state index is 0.232. The van der Waals surface area contributed by atoms with Gasteiger partial charge in [0.25, 0.3) is 0 Å². The van der Waals surface area contributed by atoms with E-state index in [2.05, 4.69) is 21.9 Å². The number of halogens is 2. The van der Waals surface area contributed by atoms with Crippen molar-refractivity contribution in [3.8, 4) is 0 Å². The maximum absolute atomic E-state index is 12.4. The molecule has 2 bridgehead atoms. The molecule has 0 saturated carbocycles. The molecule has 0 N–H and O–H groups in total. The number of fused-ring (bicyclic) bond motifs is 2. The molecule has 2 saturated heterocycles. The van der Waals surface area contributed by atoms with Crippen LogP contribution in [0.15, 0.2) is 24.3 Å². The number of likely N-dealkylation sites (tertiary alicyclic amines) is 1. The Morgan fingerprint density at radius 2 is 1.94 bits per heavy atom. The highest BCUT2D eigenvalue weighted by molar-refractivity contribution is 6.30. The second-order valence-electron chi connectivity index (χ2n) is 4.86. The molecule has 2 aliphatic rings. The molecular weight excluding hydrogens is 239 g/mol. The number of anilines is 1. The number of alkyl halides is 1. The number of nitrogens with zero attached hydrogens (tertiary/aromatic N) is 2. The highest BCUT2D eigenvalue weighted by Gasteiger charge is 2.42. The lowest BCUT2D eigenvalue weighted by Crippen LogP contribution is -2.47. The Labute approximate surface area is 106 Å². The van der Waals surface area contributed by atoms with E-state index in [9.17, 15) is 4.39 Å². The molecular formula is C13H16ClFN2. The quantitative estimate of drug-likeness (QED) is 0.818. The molecule has 1 aromatic carbocycles. The van der Waals surface area contributed by atoms with Crippen molar-refractivity contribution in [1.82, 2.24) is 4.90 Å². The van der Waals surface area contributed by atoms with Crippen LogP contribution in [0.3, 0.4) is 0 Å². The Kier molecular flexibility index (Phi) is 2.97. The van der Waals surface area contributed by atoms with Gasteiger partial charge >= 0.3 is 0 Å². The summed E-state index contributed by atoms with van der Waals surface area (Å²) < 4.78 is 12.4. The number of hydrogen-bond donors (Lipinski definition) is 0. The maximum Gasteiger partial charge on any atom is 0.102 e. The SMILES string of the molecule is FCCN1C[C@@H]2C[C@H]1CN2c1ccc(Cl)cc1. The average molecular weight is 255 g/mol. The lowest BCUT2D eigenvalue weighted by Gasteiger charge is -2.35. The second-order valence-corrected chi connectivity index (χ2v) is 5.29. The van der Waals surface area contributed by atoms with E-state index in [0.29, 0.717) is 18.6 Å². The van der Waals surface area contributed by atoms with Gasteiger partial charge in [0.15, 0.2) is 0 Å². The van der Waals surface area contributed by atoms with Gasteiger partial charge in [-0.15, -0.1) is 0 Å². The smallest absolute Gasteiger partial charge is 0.102 e. The molecule has 2 heterocycles. The zero-order valence-electron chi connectivity index (χ0n) is 9.65. The molecule has 2 fully saturated rings. The van der Waals surface area contributed by atoms with Gasteiger partial charge in [-0.05, 0) is 30.7 Å². The topological polar surface area (TPSA) is 6.48 Å². The van der Waals surface area contributed by atoms with Crippen LogP contribution in [0, 0.1) is 0 Å². The van der Waals surface area contributed by atoms with E-state index >= 15 is 0 Å². The van der Waals surface area contributed by atoms with E-state index < -0.39 is 0 Å². The van der Waals surface area contributed by atoms with Crippen molar-refractivity contribution >= 4 is 17.3 Å². The van der Waals surface area contributed by atoms with Gasteiger partial charge < -0.3 is 4.90 Å². The Morgan fingerprint density at radius 1 is 1.18 bits per heavy atom. The summed E-state index contributed by atoms with van der Waals surface area (Å²) in [5.74, 6) is 0. The number of benzene rings is 1. The predicted molar refractivity (Wildman–Crippen MR) is 68.5 cm³/mol. The van der Waals surface area contributed by atoms with E-state index in [4.69, 9.17) is 11.6 Å². The summed E-state index contributed by atoms with van der Waals surface area (Å²) in [5.41, 5.74) is 1.24. The minimum atomic E-state index is -0.232. The van der Waals surface area contributed by atoms with Crippen molar-refractivity contribution in [2.24, 2.45) is 0 Å². The van der Waals surface area contributed by atoms with Crippen molar-refractivity contribution in [3.63, 3.8) is 0 Å². The first-order valence-corrected chi connectivity index (χ1v) is 6.48. The Morgan fingerprint density at radius 3 is 2.53 bits per heavy atom. The molecule has 2 aliphatic heterocycles. The molecule has 0 unspecified atom stereocenters. The highest BCUT2D eigenvalue weighted by atomic mass is 35.5. The molecule has 2 atom stereocenters. The highest BCUT2D eigenvalue weighted by Crippen LogP contribution is 2.34. The van der Waals surface area contributed by atoms with Crippen molar-refractivity contribution in [2.75, 3.05) is 31.2 Å². The summed E-state index contributed by atoms with van der Waals surface area (Å²) in [6, 6.07) is 9.09. The van der Waals surface area contributed by atoms with Crippen LogP contribution in [0.25, 0.3) is 0 Å². The number of rotatable bonds is 3. The maximum atomic E-state index is 12.4. The fraction of sp³-hybridized carbons (Fsp3) is 0.538. The zero-order valence-corrected chi connectivity index (χ0v) is 10.4. The van der Waals surface area contributed by atoms with Crippen molar-refractivity contribution in [1.29, 1.82) is 0 Å². The van der Waals surface area contributed by atoms with Crippen LogP contribution in [0.5, 0.6) is 0 Å². The van der Waals surface area contributed by atoms with Crippen LogP contribution in [-0.4, -0.2) is 43.3 Å². The largest absolute Gasteiger partial charge is 0.366 e. The summed E-state index contributed by atoms with van der Waals surface area (Å²) in [6.07, 6.45) is 1.17. The van der Waals surface area contributed by atoms with E-state index in [1.165, 1.54) is 12.1 Å².